The van der Waals surface area contributed by atoms with Gasteiger partial charge in [0.1, 0.15) is 0 Å². The zero-order chi connectivity index (χ0) is 13.9. The first-order valence-electron chi connectivity index (χ1n) is 7.23. The van der Waals surface area contributed by atoms with Gasteiger partial charge in [-0.3, -0.25) is 4.79 Å². The molecule has 3 heterocycles. The molecule has 0 saturated carbocycles. The van der Waals surface area contributed by atoms with Gasteiger partial charge in [0.2, 0.25) is 11.9 Å². The number of aromatic nitrogens is 2. The van der Waals surface area contributed by atoms with Gasteiger partial charge in [-0.25, -0.2) is 9.97 Å². The Balaban J connectivity index is 1.72. The Kier molecular flexibility index (Phi) is 3.82. The monoisotopic (exact) mass is 276 g/mol. The first-order chi connectivity index (χ1) is 9.78. The zero-order valence-electron chi connectivity index (χ0n) is 11.8. The molecule has 2 aliphatic rings. The smallest absolute Gasteiger partial charge is 0.225 e. The first kappa shape index (κ1) is 13.3. The van der Waals surface area contributed by atoms with E-state index in [1.807, 2.05) is 18.0 Å². The number of carbonyl (C=O) groups is 1. The summed E-state index contributed by atoms with van der Waals surface area (Å²) in [5, 5.41) is 0. The number of morpholine rings is 1. The third-order valence-electron chi connectivity index (χ3n) is 3.75. The van der Waals surface area contributed by atoms with E-state index in [2.05, 4.69) is 14.9 Å². The van der Waals surface area contributed by atoms with Crippen LogP contribution >= 0.6 is 0 Å². The standard InChI is InChI=1S/C14H20N4O2/c1-2-3-13(19)18-9-11-8-15-14(16-12(11)10-18)17-4-6-20-7-5-17/h8H,2-7,9-10H2,1H3. The maximum Gasteiger partial charge on any atom is 0.225 e. The lowest BCUT2D eigenvalue weighted by atomic mass is 10.3. The van der Waals surface area contributed by atoms with Crippen LogP contribution in [0.15, 0.2) is 6.20 Å². The molecule has 0 aliphatic carbocycles. The van der Waals surface area contributed by atoms with Gasteiger partial charge in [-0.1, -0.05) is 6.92 Å². The predicted molar refractivity (Wildman–Crippen MR) is 74.2 cm³/mol. The summed E-state index contributed by atoms with van der Waals surface area (Å²) >= 11 is 0. The van der Waals surface area contributed by atoms with Crippen molar-refractivity contribution in [1.29, 1.82) is 0 Å². The summed E-state index contributed by atoms with van der Waals surface area (Å²) in [5.41, 5.74) is 2.07. The molecule has 1 fully saturated rings. The number of fused-ring (bicyclic) bond motifs is 1. The van der Waals surface area contributed by atoms with Crippen LogP contribution in [-0.2, 0) is 22.6 Å². The van der Waals surface area contributed by atoms with Gasteiger partial charge < -0.3 is 14.5 Å². The molecular formula is C14H20N4O2. The molecule has 6 heteroatoms. The summed E-state index contributed by atoms with van der Waals surface area (Å²) in [7, 11) is 0. The lowest BCUT2D eigenvalue weighted by Gasteiger charge is -2.26. The minimum Gasteiger partial charge on any atom is -0.378 e. The summed E-state index contributed by atoms with van der Waals surface area (Å²) in [6.07, 6.45) is 3.36. The average Bonchev–Trinajstić information content (AvgIpc) is 2.91. The molecule has 1 saturated heterocycles. The number of hydrogen-bond donors (Lipinski definition) is 0. The van der Waals surface area contributed by atoms with Crippen LogP contribution in [0.1, 0.15) is 31.0 Å². The highest BCUT2D eigenvalue weighted by molar-refractivity contribution is 5.76. The van der Waals surface area contributed by atoms with Crippen molar-refractivity contribution in [3.63, 3.8) is 0 Å². The van der Waals surface area contributed by atoms with E-state index >= 15 is 0 Å². The molecule has 0 spiro atoms. The van der Waals surface area contributed by atoms with Gasteiger partial charge >= 0.3 is 0 Å². The fourth-order valence-corrected chi connectivity index (χ4v) is 2.61. The highest BCUT2D eigenvalue weighted by atomic mass is 16.5. The van der Waals surface area contributed by atoms with E-state index in [-0.39, 0.29) is 5.91 Å². The van der Waals surface area contributed by atoms with E-state index in [1.54, 1.807) is 0 Å². The summed E-state index contributed by atoms with van der Waals surface area (Å²) < 4.78 is 5.34. The van der Waals surface area contributed by atoms with Crippen LogP contribution in [0.25, 0.3) is 0 Å². The summed E-state index contributed by atoms with van der Waals surface area (Å²) in [6.45, 7) is 6.40. The Labute approximate surface area is 118 Å². The van der Waals surface area contributed by atoms with Crippen molar-refractivity contribution in [3.8, 4) is 0 Å². The third kappa shape index (κ3) is 2.60. The van der Waals surface area contributed by atoms with Gasteiger partial charge in [0.25, 0.3) is 0 Å². The molecule has 20 heavy (non-hydrogen) atoms. The molecular weight excluding hydrogens is 256 g/mol. The largest absolute Gasteiger partial charge is 0.378 e. The Morgan fingerprint density at radius 3 is 2.90 bits per heavy atom. The summed E-state index contributed by atoms with van der Waals surface area (Å²) in [6, 6.07) is 0. The average molecular weight is 276 g/mol. The minimum absolute atomic E-state index is 0.207. The highest BCUT2D eigenvalue weighted by Gasteiger charge is 2.25. The van der Waals surface area contributed by atoms with E-state index in [0.717, 1.165) is 49.9 Å². The third-order valence-corrected chi connectivity index (χ3v) is 3.75. The molecule has 1 aromatic rings. The fraction of sp³-hybridized carbons (Fsp3) is 0.643. The van der Waals surface area contributed by atoms with E-state index in [4.69, 9.17) is 4.74 Å². The Morgan fingerprint density at radius 2 is 2.15 bits per heavy atom. The topological polar surface area (TPSA) is 58.6 Å². The van der Waals surface area contributed by atoms with Crippen molar-refractivity contribution in [2.45, 2.75) is 32.9 Å². The van der Waals surface area contributed by atoms with E-state index in [0.29, 0.717) is 19.5 Å². The predicted octanol–water partition coefficient (Wildman–Crippen LogP) is 0.955. The van der Waals surface area contributed by atoms with Crippen LogP contribution in [0.2, 0.25) is 0 Å². The number of hydrogen-bond acceptors (Lipinski definition) is 5. The summed E-state index contributed by atoms with van der Waals surface area (Å²) in [4.78, 5) is 25.0. The molecule has 0 bridgehead atoms. The molecule has 0 aromatic carbocycles. The summed E-state index contributed by atoms with van der Waals surface area (Å²) in [5.74, 6) is 0.968. The van der Waals surface area contributed by atoms with Gasteiger partial charge in [-0.05, 0) is 6.42 Å². The Hall–Kier alpha value is -1.69. The van der Waals surface area contributed by atoms with Crippen LogP contribution < -0.4 is 4.90 Å². The lowest BCUT2D eigenvalue weighted by molar-refractivity contribution is -0.131. The van der Waals surface area contributed by atoms with E-state index < -0.39 is 0 Å². The van der Waals surface area contributed by atoms with E-state index in [1.165, 1.54) is 0 Å². The molecule has 2 aliphatic heterocycles. The highest BCUT2D eigenvalue weighted by Crippen LogP contribution is 2.23. The van der Waals surface area contributed by atoms with Crippen molar-refractivity contribution in [2.24, 2.45) is 0 Å². The SMILES string of the molecule is CCCC(=O)N1Cc2cnc(N3CCOCC3)nc2C1. The quantitative estimate of drug-likeness (QED) is 0.823. The molecule has 0 radical (unpaired) electrons. The number of amides is 1. The molecule has 0 atom stereocenters. The number of rotatable bonds is 3. The maximum atomic E-state index is 12.0. The molecule has 6 nitrogen and oxygen atoms in total. The fourth-order valence-electron chi connectivity index (χ4n) is 2.61. The Morgan fingerprint density at radius 1 is 1.35 bits per heavy atom. The van der Waals surface area contributed by atoms with E-state index in [9.17, 15) is 4.79 Å². The number of ether oxygens (including phenoxy) is 1. The lowest BCUT2D eigenvalue weighted by Crippen LogP contribution is -2.37. The molecule has 1 aromatic heterocycles. The second kappa shape index (κ2) is 5.75. The molecule has 0 N–H and O–H groups in total. The van der Waals surface area contributed by atoms with Crippen molar-refractivity contribution in [1.82, 2.24) is 14.9 Å². The van der Waals surface area contributed by atoms with Crippen molar-refractivity contribution >= 4 is 11.9 Å². The van der Waals surface area contributed by atoms with Gasteiger partial charge in [-0.2, -0.15) is 0 Å². The number of anilines is 1. The van der Waals surface area contributed by atoms with Crippen molar-refractivity contribution in [3.05, 3.63) is 17.5 Å². The second-order valence-electron chi connectivity index (χ2n) is 5.24. The molecule has 108 valence electrons. The molecule has 3 rings (SSSR count). The van der Waals surface area contributed by atoms with Gasteiger partial charge in [0.05, 0.1) is 25.5 Å². The molecule has 0 unspecified atom stereocenters. The second-order valence-corrected chi connectivity index (χ2v) is 5.24. The van der Waals surface area contributed by atoms with Crippen LogP contribution in [0, 0.1) is 0 Å². The van der Waals surface area contributed by atoms with Crippen LogP contribution in [-0.4, -0.2) is 47.1 Å². The zero-order valence-corrected chi connectivity index (χ0v) is 11.8. The minimum atomic E-state index is 0.207. The normalized spacial score (nSPS) is 18.2. The van der Waals surface area contributed by atoms with Gasteiger partial charge in [-0.15, -0.1) is 0 Å². The molecule has 1 amide bonds. The first-order valence-corrected chi connectivity index (χ1v) is 7.23. The van der Waals surface area contributed by atoms with Crippen molar-refractivity contribution < 1.29 is 9.53 Å². The number of nitrogens with zero attached hydrogens (tertiary/aromatic N) is 4. The Bertz CT molecular complexity index is 500. The number of carbonyl (C=O) groups excluding carboxylic acids is 1. The van der Waals surface area contributed by atoms with Gasteiger partial charge in [0, 0.05) is 37.8 Å². The van der Waals surface area contributed by atoms with Gasteiger partial charge in [0.15, 0.2) is 0 Å². The maximum absolute atomic E-state index is 12.0. The van der Waals surface area contributed by atoms with Crippen molar-refractivity contribution in [2.75, 3.05) is 31.2 Å². The van der Waals surface area contributed by atoms with Crippen LogP contribution in [0.4, 0.5) is 5.95 Å². The van der Waals surface area contributed by atoms with Crippen LogP contribution in [0.5, 0.6) is 0 Å². The van der Waals surface area contributed by atoms with Crippen LogP contribution in [0.3, 0.4) is 0 Å².